The van der Waals surface area contributed by atoms with Crippen molar-refractivity contribution in [1.82, 2.24) is 0 Å². The molecule has 0 heteroatoms. The Bertz CT molecular complexity index is 147. The zero-order chi connectivity index (χ0) is 9.72. The molecule has 0 amide bonds. The van der Waals surface area contributed by atoms with E-state index in [1.54, 1.807) is 5.57 Å². The van der Waals surface area contributed by atoms with Crippen LogP contribution in [0, 0.1) is 11.8 Å². The van der Waals surface area contributed by atoms with E-state index in [-0.39, 0.29) is 0 Å². The molecule has 0 aliphatic rings. The van der Waals surface area contributed by atoms with Crippen LogP contribution in [0.3, 0.4) is 0 Å². The lowest BCUT2D eigenvalue weighted by molar-refractivity contribution is 0.392. The lowest BCUT2D eigenvalue weighted by Crippen LogP contribution is -2.03. The van der Waals surface area contributed by atoms with Gasteiger partial charge < -0.3 is 0 Å². The molecule has 0 saturated carbocycles. The van der Waals surface area contributed by atoms with Crippen molar-refractivity contribution in [2.45, 2.75) is 54.4 Å². The molecule has 0 aliphatic heterocycles. The fourth-order valence-corrected chi connectivity index (χ4v) is 1.03. The van der Waals surface area contributed by atoms with E-state index in [0.29, 0.717) is 0 Å². The van der Waals surface area contributed by atoms with E-state index in [2.05, 4.69) is 41.5 Å². The van der Waals surface area contributed by atoms with Gasteiger partial charge in [0.05, 0.1) is 0 Å². The van der Waals surface area contributed by atoms with Gasteiger partial charge in [-0.05, 0) is 45.4 Å². The third-order valence-electron chi connectivity index (χ3n) is 2.97. The minimum atomic E-state index is 0.829. The van der Waals surface area contributed by atoms with E-state index in [4.69, 9.17) is 0 Å². The molecular formula is C12H24. The van der Waals surface area contributed by atoms with Crippen LogP contribution in [-0.4, -0.2) is 0 Å². The van der Waals surface area contributed by atoms with Crippen LogP contribution in [-0.2, 0) is 0 Å². The lowest BCUT2D eigenvalue weighted by atomic mass is 9.91. The maximum Gasteiger partial charge on any atom is -0.0318 e. The number of allylic oxidation sites excluding steroid dienone is 2. The summed E-state index contributed by atoms with van der Waals surface area (Å²) in [6, 6.07) is 0. The molecule has 1 unspecified atom stereocenters. The molecule has 1 atom stereocenters. The van der Waals surface area contributed by atoms with Crippen molar-refractivity contribution in [3.05, 3.63) is 11.1 Å². The fraction of sp³-hybridized carbons (Fsp3) is 0.833. The number of hydrogen-bond donors (Lipinski definition) is 0. The molecule has 0 fully saturated rings. The van der Waals surface area contributed by atoms with E-state index < -0.39 is 0 Å². The summed E-state index contributed by atoms with van der Waals surface area (Å²) in [4.78, 5) is 0. The summed E-state index contributed by atoms with van der Waals surface area (Å²) < 4.78 is 0. The van der Waals surface area contributed by atoms with E-state index in [0.717, 1.165) is 11.8 Å². The van der Waals surface area contributed by atoms with Gasteiger partial charge in [0.25, 0.3) is 0 Å². The maximum atomic E-state index is 2.35. The fourth-order valence-electron chi connectivity index (χ4n) is 1.03. The van der Waals surface area contributed by atoms with Gasteiger partial charge in [-0.2, -0.15) is 0 Å². The van der Waals surface area contributed by atoms with Crippen LogP contribution in [0.15, 0.2) is 11.1 Å². The largest absolute Gasteiger partial charge is 0.0775 e. The zero-order valence-electron chi connectivity index (χ0n) is 9.57. The Morgan fingerprint density at radius 3 is 1.83 bits per heavy atom. The van der Waals surface area contributed by atoms with Crippen LogP contribution in [0.2, 0.25) is 0 Å². The van der Waals surface area contributed by atoms with Crippen LogP contribution >= 0.6 is 0 Å². The lowest BCUT2D eigenvalue weighted by Gasteiger charge is -2.15. The SMILES string of the molecule is CC(C)=C(C)CCC(C)C(C)C. The number of hydrogen-bond acceptors (Lipinski definition) is 0. The van der Waals surface area contributed by atoms with Crippen molar-refractivity contribution in [3.8, 4) is 0 Å². The molecule has 12 heavy (non-hydrogen) atoms. The monoisotopic (exact) mass is 168 g/mol. The zero-order valence-corrected chi connectivity index (χ0v) is 9.57. The molecule has 0 nitrogen and oxygen atoms in total. The van der Waals surface area contributed by atoms with E-state index >= 15 is 0 Å². The van der Waals surface area contributed by atoms with Gasteiger partial charge in [-0.1, -0.05) is 31.9 Å². The van der Waals surface area contributed by atoms with E-state index in [9.17, 15) is 0 Å². The topological polar surface area (TPSA) is 0 Å². The van der Waals surface area contributed by atoms with Crippen molar-refractivity contribution in [2.24, 2.45) is 11.8 Å². The van der Waals surface area contributed by atoms with Gasteiger partial charge in [-0.3, -0.25) is 0 Å². The van der Waals surface area contributed by atoms with Gasteiger partial charge in [-0.25, -0.2) is 0 Å². The average Bonchev–Trinajstić information content (AvgIpc) is 1.98. The Kier molecular flexibility index (Phi) is 5.28. The first kappa shape index (κ1) is 11.7. The Morgan fingerprint density at radius 2 is 1.50 bits per heavy atom. The van der Waals surface area contributed by atoms with Gasteiger partial charge >= 0.3 is 0 Å². The van der Waals surface area contributed by atoms with Crippen LogP contribution in [0.4, 0.5) is 0 Å². The second kappa shape index (κ2) is 5.40. The molecule has 0 bridgehead atoms. The molecular weight excluding hydrogens is 144 g/mol. The molecule has 0 aliphatic carbocycles. The molecule has 0 N–H and O–H groups in total. The highest BCUT2D eigenvalue weighted by atomic mass is 14.1. The Morgan fingerprint density at radius 1 is 1.00 bits per heavy atom. The molecule has 0 spiro atoms. The Balaban J connectivity index is 3.77. The highest BCUT2D eigenvalue weighted by Crippen LogP contribution is 2.20. The molecule has 0 aromatic rings. The summed E-state index contributed by atoms with van der Waals surface area (Å²) in [5.41, 5.74) is 3.06. The second-order valence-corrected chi connectivity index (χ2v) is 4.54. The number of rotatable bonds is 4. The summed E-state index contributed by atoms with van der Waals surface area (Å²) >= 11 is 0. The standard InChI is InChI=1S/C12H24/c1-9(2)11(5)7-8-12(6)10(3)4/h9,11H,7-8H2,1-6H3. The summed E-state index contributed by atoms with van der Waals surface area (Å²) in [6.07, 6.45) is 2.62. The molecule has 72 valence electrons. The van der Waals surface area contributed by atoms with Gasteiger partial charge in [0.15, 0.2) is 0 Å². The van der Waals surface area contributed by atoms with E-state index in [1.165, 1.54) is 18.4 Å². The van der Waals surface area contributed by atoms with Crippen molar-refractivity contribution in [1.29, 1.82) is 0 Å². The summed E-state index contributed by atoms with van der Waals surface area (Å²) in [5, 5.41) is 0. The normalized spacial score (nSPS) is 13.2. The molecule has 0 heterocycles. The molecule has 0 aromatic carbocycles. The molecule has 0 radical (unpaired) electrons. The Labute approximate surface area is 78.1 Å². The van der Waals surface area contributed by atoms with Crippen LogP contribution in [0.5, 0.6) is 0 Å². The maximum absolute atomic E-state index is 2.35. The van der Waals surface area contributed by atoms with Gasteiger partial charge in [-0.15, -0.1) is 0 Å². The van der Waals surface area contributed by atoms with Gasteiger partial charge in [0.1, 0.15) is 0 Å². The molecule has 0 rings (SSSR count). The Hall–Kier alpha value is -0.260. The highest BCUT2D eigenvalue weighted by Gasteiger charge is 2.06. The van der Waals surface area contributed by atoms with Crippen molar-refractivity contribution < 1.29 is 0 Å². The van der Waals surface area contributed by atoms with Gasteiger partial charge in [0.2, 0.25) is 0 Å². The first-order valence-electron chi connectivity index (χ1n) is 5.08. The van der Waals surface area contributed by atoms with Crippen LogP contribution < -0.4 is 0 Å². The van der Waals surface area contributed by atoms with Crippen molar-refractivity contribution in [2.75, 3.05) is 0 Å². The average molecular weight is 168 g/mol. The predicted octanol–water partition coefficient (Wildman–Crippen LogP) is 4.42. The third-order valence-corrected chi connectivity index (χ3v) is 2.97. The smallest absolute Gasteiger partial charge is 0.0318 e. The second-order valence-electron chi connectivity index (χ2n) is 4.54. The summed E-state index contributed by atoms with van der Waals surface area (Å²) in [5.74, 6) is 1.69. The summed E-state index contributed by atoms with van der Waals surface area (Å²) in [7, 11) is 0. The van der Waals surface area contributed by atoms with E-state index in [1.807, 2.05) is 0 Å². The minimum absolute atomic E-state index is 0.829. The third kappa shape index (κ3) is 4.58. The highest BCUT2D eigenvalue weighted by molar-refractivity contribution is 5.06. The van der Waals surface area contributed by atoms with Crippen LogP contribution in [0.1, 0.15) is 54.4 Å². The van der Waals surface area contributed by atoms with Crippen molar-refractivity contribution >= 4 is 0 Å². The summed E-state index contributed by atoms with van der Waals surface area (Å²) in [6.45, 7) is 13.6. The first-order valence-corrected chi connectivity index (χ1v) is 5.08. The molecule has 0 saturated heterocycles. The van der Waals surface area contributed by atoms with Crippen LogP contribution in [0.25, 0.3) is 0 Å². The quantitative estimate of drug-likeness (QED) is 0.545. The molecule has 0 aromatic heterocycles. The minimum Gasteiger partial charge on any atom is -0.0775 e. The van der Waals surface area contributed by atoms with Gasteiger partial charge in [0, 0.05) is 0 Å². The van der Waals surface area contributed by atoms with Crippen molar-refractivity contribution in [3.63, 3.8) is 0 Å². The predicted molar refractivity (Wildman–Crippen MR) is 57.3 cm³/mol. The first-order chi connectivity index (χ1) is 5.45.